The van der Waals surface area contributed by atoms with Gasteiger partial charge in [-0.3, -0.25) is 4.79 Å². The number of carbonyl (C=O) groups excluding carboxylic acids is 1. The van der Waals surface area contributed by atoms with Crippen molar-refractivity contribution in [1.29, 1.82) is 0 Å². The molecule has 1 amide bonds. The van der Waals surface area contributed by atoms with Crippen LogP contribution in [0, 0.1) is 6.92 Å². The van der Waals surface area contributed by atoms with Gasteiger partial charge in [-0.15, -0.1) is 0 Å². The smallest absolute Gasteiger partial charge is 0.272 e. The molecule has 0 unspecified atom stereocenters. The molecule has 5 nitrogen and oxygen atoms in total. The highest BCUT2D eigenvalue weighted by atomic mass is 35.5. The van der Waals surface area contributed by atoms with Gasteiger partial charge in [-0.25, -0.2) is 9.97 Å². The Kier molecular flexibility index (Phi) is 5.76. The van der Waals surface area contributed by atoms with Crippen LogP contribution >= 0.6 is 23.2 Å². The highest BCUT2D eigenvalue weighted by Crippen LogP contribution is 2.31. The summed E-state index contributed by atoms with van der Waals surface area (Å²) < 4.78 is 0. The average Bonchev–Trinajstić information content (AvgIpc) is 2.87. The maximum absolute atomic E-state index is 12.8. The van der Waals surface area contributed by atoms with Gasteiger partial charge in [0.2, 0.25) is 0 Å². The van der Waals surface area contributed by atoms with E-state index in [0.29, 0.717) is 33.1 Å². The summed E-state index contributed by atoms with van der Waals surface area (Å²) in [6, 6.07) is 6.99. The van der Waals surface area contributed by atoms with E-state index in [1.54, 1.807) is 25.1 Å². The molecule has 1 aliphatic heterocycles. The first-order chi connectivity index (χ1) is 12.0. The quantitative estimate of drug-likeness (QED) is 0.828. The van der Waals surface area contributed by atoms with Crippen molar-refractivity contribution in [1.82, 2.24) is 14.9 Å². The minimum absolute atomic E-state index is 0.0485. The Morgan fingerprint density at radius 1 is 1.12 bits per heavy atom. The van der Waals surface area contributed by atoms with Crippen molar-refractivity contribution in [2.45, 2.75) is 32.6 Å². The number of halogens is 2. The molecule has 7 heteroatoms. The number of nitrogens with one attached hydrogen (secondary N) is 1. The third kappa shape index (κ3) is 4.41. The first-order valence-electron chi connectivity index (χ1n) is 8.40. The molecule has 0 bridgehead atoms. The van der Waals surface area contributed by atoms with Gasteiger partial charge < -0.3 is 10.2 Å². The number of nitrogens with zero attached hydrogens (tertiary/aromatic N) is 3. The third-order valence-corrected chi connectivity index (χ3v) is 4.98. The van der Waals surface area contributed by atoms with Gasteiger partial charge >= 0.3 is 0 Å². The minimum Gasteiger partial charge on any atom is -0.339 e. The maximum atomic E-state index is 12.8. The molecule has 0 radical (unpaired) electrons. The lowest BCUT2D eigenvalue weighted by molar-refractivity contribution is 0.0755. The molecule has 1 aromatic heterocycles. The number of carbonyl (C=O) groups is 1. The van der Waals surface area contributed by atoms with Crippen LogP contribution < -0.4 is 5.32 Å². The van der Waals surface area contributed by atoms with E-state index >= 15 is 0 Å². The molecule has 0 saturated carbocycles. The molecular weight excluding hydrogens is 359 g/mol. The third-order valence-electron chi connectivity index (χ3n) is 4.16. The molecule has 1 aliphatic rings. The van der Waals surface area contributed by atoms with Crippen molar-refractivity contribution < 1.29 is 4.79 Å². The van der Waals surface area contributed by atoms with Gasteiger partial charge in [-0.1, -0.05) is 42.1 Å². The molecule has 0 aliphatic carbocycles. The highest BCUT2D eigenvalue weighted by molar-refractivity contribution is 6.43. The molecular formula is C18H20Cl2N4O. The molecule has 1 fully saturated rings. The first kappa shape index (κ1) is 18.0. The van der Waals surface area contributed by atoms with Crippen molar-refractivity contribution in [3.8, 4) is 0 Å². The van der Waals surface area contributed by atoms with Crippen LogP contribution in [0.3, 0.4) is 0 Å². The fourth-order valence-corrected chi connectivity index (χ4v) is 3.26. The van der Waals surface area contributed by atoms with E-state index in [0.717, 1.165) is 25.9 Å². The van der Waals surface area contributed by atoms with Gasteiger partial charge in [0.05, 0.1) is 15.7 Å². The van der Waals surface area contributed by atoms with Crippen LogP contribution in [-0.4, -0.2) is 33.9 Å². The van der Waals surface area contributed by atoms with Gasteiger partial charge in [0.15, 0.2) is 0 Å². The van der Waals surface area contributed by atoms with E-state index < -0.39 is 0 Å². The number of aryl methyl sites for hydroxylation is 1. The van der Waals surface area contributed by atoms with Gasteiger partial charge in [0, 0.05) is 19.2 Å². The number of hydrogen-bond acceptors (Lipinski definition) is 4. The Balaban J connectivity index is 1.85. The van der Waals surface area contributed by atoms with Crippen LogP contribution in [0.5, 0.6) is 0 Å². The zero-order valence-corrected chi connectivity index (χ0v) is 15.6. The Morgan fingerprint density at radius 2 is 1.84 bits per heavy atom. The fraction of sp³-hybridized carbons (Fsp3) is 0.389. The van der Waals surface area contributed by atoms with Crippen LogP contribution in [0.2, 0.25) is 10.0 Å². The minimum atomic E-state index is -0.0485. The maximum Gasteiger partial charge on any atom is 0.272 e. The second-order valence-electron chi connectivity index (χ2n) is 6.12. The topological polar surface area (TPSA) is 58.1 Å². The second kappa shape index (κ2) is 8.02. The highest BCUT2D eigenvalue weighted by Gasteiger charge is 2.20. The Bertz CT molecular complexity index is 774. The number of hydrogen-bond donors (Lipinski definition) is 1. The van der Waals surface area contributed by atoms with Gasteiger partial charge in [0.25, 0.3) is 5.91 Å². The van der Waals surface area contributed by atoms with Crippen LogP contribution in [0.15, 0.2) is 24.3 Å². The summed E-state index contributed by atoms with van der Waals surface area (Å²) in [4.78, 5) is 23.3. The van der Waals surface area contributed by atoms with Gasteiger partial charge in [0.1, 0.15) is 17.3 Å². The Labute approximate surface area is 157 Å². The number of amides is 1. The standard InChI is InChI=1S/C18H20Cl2N4O/c1-12-21-15(18(25)24-9-4-2-3-5-10-24)11-16(22-12)23-14-8-6-7-13(19)17(14)20/h6-8,11H,2-5,9-10H2,1H3,(H,21,22,23). The first-order valence-corrected chi connectivity index (χ1v) is 9.16. The van der Waals surface area contributed by atoms with Crippen LogP contribution in [-0.2, 0) is 0 Å². The summed E-state index contributed by atoms with van der Waals surface area (Å²) in [6.07, 6.45) is 4.43. The fourth-order valence-electron chi connectivity index (χ4n) is 2.92. The summed E-state index contributed by atoms with van der Waals surface area (Å²) in [5.41, 5.74) is 1.04. The molecule has 0 atom stereocenters. The van der Waals surface area contributed by atoms with E-state index in [4.69, 9.17) is 23.2 Å². The predicted molar refractivity (Wildman–Crippen MR) is 101 cm³/mol. The lowest BCUT2D eigenvalue weighted by Gasteiger charge is -2.20. The monoisotopic (exact) mass is 378 g/mol. The zero-order chi connectivity index (χ0) is 17.8. The van der Waals surface area contributed by atoms with Crippen LogP contribution in [0.1, 0.15) is 42.0 Å². The van der Waals surface area contributed by atoms with Crippen molar-refractivity contribution in [3.63, 3.8) is 0 Å². The molecule has 1 aromatic carbocycles. The SMILES string of the molecule is Cc1nc(Nc2cccc(Cl)c2Cl)cc(C(=O)N2CCCCCC2)n1. The zero-order valence-electron chi connectivity index (χ0n) is 14.1. The molecule has 1 saturated heterocycles. The molecule has 0 spiro atoms. The van der Waals surface area contributed by atoms with Crippen molar-refractivity contribution in [2.75, 3.05) is 18.4 Å². The van der Waals surface area contributed by atoms with E-state index in [1.807, 2.05) is 11.0 Å². The molecule has 1 N–H and O–H groups in total. The lowest BCUT2D eigenvalue weighted by atomic mass is 10.2. The van der Waals surface area contributed by atoms with Crippen molar-refractivity contribution >= 4 is 40.6 Å². The molecule has 2 aromatic rings. The van der Waals surface area contributed by atoms with Gasteiger partial charge in [-0.05, 0) is 31.9 Å². The Morgan fingerprint density at radius 3 is 2.56 bits per heavy atom. The second-order valence-corrected chi connectivity index (χ2v) is 6.90. The van der Waals surface area contributed by atoms with E-state index in [1.165, 1.54) is 12.8 Å². The van der Waals surface area contributed by atoms with Crippen molar-refractivity contribution in [3.05, 3.63) is 45.8 Å². The van der Waals surface area contributed by atoms with E-state index in [2.05, 4.69) is 15.3 Å². The molecule has 132 valence electrons. The number of anilines is 2. The number of rotatable bonds is 3. The molecule has 2 heterocycles. The predicted octanol–water partition coefficient (Wildman–Crippen LogP) is 4.85. The van der Waals surface area contributed by atoms with Crippen molar-refractivity contribution in [2.24, 2.45) is 0 Å². The van der Waals surface area contributed by atoms with Crippen LogP contribution in [0.4, 0.5) is 11.5 Å². The lowest BCUT2D eigenvalue weighted by Crippen LogP contribution is -2.32. The Hall–Kier alpha value is -1.85. The summed E-state index contributed by atoms with van der Waals surface area (Å²) >= 11 is 12.3. The largest absolute Gasteiger partial charge is 0.339 e. The van der Waals surface area contributed by atoms with Gasteiger partial charge in [-0.2, -0.15) is 0 Å². The summed E-state index contributed by atoms with van der Waals surface area (Å²) in [5, 5.41) is 4.00. The van der Waals surface area contributed by atoms with E-state index in [-0.39, 0.29) is 5.91 Å². The summed E-state index contributed by atoms with van der Waals surface area (Å²) in [5.74, 6) is 1.00. The van der Waals surface area contributed by atoms with E-state index in [9.17, 15) is 4.79 Å². The number of benzene rings is 1. The normalized spacial score (nSPS) is 14.9. The summed E-state index contributed by atoms with van der Waals surface area (Å²) in [6.45, 7) is 3.33. The van der Waals surface area contributed by atoms with Crippen LogP contribution in [0.25, 0.3) is 0 Å². The molecule has 3 rings (SSSR count). The number of aromatic nitrogens is 2. The number of likely N-dealkylation sites (tertiary alicyclic amines) is 1. The molecule has 25 heavy (non-hydrogen) atoms. The average molecular weight is 379 g/mol. The summed E-state index contributed by atoms with van der Waals surface area (Å²) in [7, 11) is 0.